The molecule has 2 amide bonds. The van der Waals surface area contributed by atoms with Gasteiger partial charge in [0.25, 0.3) is 5.91 Å². The Bertz CT molecular complexity index is 1180. The van der Waals surface area contributed by atoms with Gasteiger partial charge in [-0.3, -0.25) is 9.59 Å². The molecule has 1 saturated heterocycles. The number of carbonyl (C=O) groups is 2. The van der Waals surface area contributed by atoms with Gasteiger partial charge in [-0.1, -0.05) is 12.1 Å². The molecule has 34 heavy (non-hydrogen) atoms. The predicted molar refractivity (Wildman–Crippen MR) is 127 cm³/mol. The first-order valence-electron chi connectivity index (χ1n) is 11.0. The van der Waals surface area contributed by atoms with Gasteiger partial charge in [0.2, 0.25) is 15.9 Å². The molecule has 0 aromatic heterocycles. The van der Waals surface area contributed by atoms with Crippen LogP contribution in [0.1, 0.15) is 28.8 Å². The van der Waals surface area contributed by atoms with E-state index in [1.807, 2.05) is 0 Å². The van der Waals surface area contributed by atoms with E-state index in [2.05, 4.69) is 10.6 Å². The number of methoxy groups -OCH3 is 1. The van der Waals surface area contributed by atoms with E-state index in [1.165, 1.54) is 29.6 Å². The average Bonchev–Trinajstić information content (AvgIpc) is 3.67. The van der Waals surface area contributed by atoms with Crippen molar-refractivity contribution in [1.82, 2.24) is 9.62 Å². The highest BCUT2D eigenvalue weighted by Gasteiger charge is 2.29. The number of hydrogen-bond donors (Lipinski definition) is 2. The SMILES string of the molecule is COc1ccc(NC(=O)/C=C/c2ccc(C(=O)NC3CC3)cc2)cc1S(=O)(=O)N1CCOCC1. The Morgan fingerprint density at radius 3 is 2.44 bits per heavy atom. The summed E-state index contributed by atoms with van der Waals surface area (Å²) < 4.78 is 38.0. The highest BCUT2D eigenvalue weighted by atomic mass is 32.2. The fourth-order valence-corrected chi connectivity index (χ4v) is 5.07. The second kappa shape index (κ2) is 10.4. The number of ether oxygens (including phenoxy) is 2. The Morgan fingerprint density at radius 1 is 1.09 bits per heavy atom. The molecule has 2 aromatic rings. The minimum atomic E-state index is -3.81. The van der Waals surface area contributed by atoms with E-state index in [1.54, 1.807) is 36.4 Å². The minimum absolute atomic E-state index is 0.0151. The van der Waals surface area contributed by atoms with Crippen LogP contribution < -0.4 is 15.4 Å². The second-order valence-electron chi connectivity index (χ2n) is 8.07. The minimum Gasteiger partial charge on any atom is -0.495 e. The highest BCUT2D eigenvalue weighted by molar-refractivity contribution is 7.89. The second-order valence-corrected chi connectivity index (χ2v) is 9.98. The summed E-state index contributed by atoms with van der Waals surface area (Å²) in [4.78, 5) is 24.5. The number of amides is 2. The first-order chi connectivity index (χ1) is 16.4. The van der Waals surface area contributed by atoms with Crippen molar-refractivity contribution < 1.29 is 27.5 Å². The van der Waals surface area contributed by atoms with E-state index in [0.717, 1.165) is 18.4 Å². The van der Waals surface area contributed by atoms with Crippen molar-refractivity contribution in [2.24, 2.45) is 0 Å². The van der Waals surface area contributed by atoms with Crippen LogP contribution in [-0.4, -0.2) is 64.0 Å². The number of anilines is 1. The number of sulfonamides is 1. The Morgan fingerprint density at radius 2 is 1.79 bits per heavy atom. The third kappa shape index (κ3) is 5.82. The summed E-state index contributed by atoms with van der Waals surface area (Å²) in [7, 11) is -2.41. The molecular weight excluding hydrogens is 458 g/mol. The maximum absolute atomic E-state index is 13.1. The number of morpholine rings is 1. The van der Waals surface area contributed by atoms with Gasteiger partial charge in [0.15, 0.2) is 0 Å². The Kier molecular flexibility index (Phi) is 7.30. The van der Waals surface area contributed by atoms with E-state index in [4.69, 9.17) is 9.47 Å². The zero-order valence-electron chi connectivity index (χ0n) is 18.8. The normalized spacial score (nSPS) is 16.9. The van der Waals surface area contributed by atoms with Gasteiger partial charge in [0.1, 0.15) is 10.6 Å². The smallest absolute Gasteiger partial charge is 0.251 e. The third-order valence-corrected chi connectivity index (χ3v) is 7.45. The molecule has 1 heterocycles. The molecule has 180 valence electrons. The molecule has 2 aliphatic rings. The van der Waals surface area contributed by atoms with E-state index >= 15 is 0 Å². The zero-order chi connectivity index (χ0) is 24.1. The first kappa shape index (κ1) is 23.9. The maximum Gasteiger partial charge on any atom is 0.251 e. The van der Waals surface area contributed by atoms with Gasteiger partial charge in [0, 0.05) is 36.5 Å². The van der Waals surface area contributed by atoms with E-state index in [-0.39, 0.29) is 35.7 Å². The van der Waals surface area contributed by atoms with Crippen LogP contribution >= 0.6 is 0 Å². The zero-order valence-corrected chi connectivity index (χ0v) is 19.6. The lowest BCUT2D eigenvalue weighted by molar-refractivity contribution is -0.111. The summed E-state index contributed by atoms with van der Waals surface area (Å²) in [6.07, 6.45) is 5.01. The molecule has 2 N–H and O–H groups in total. The first-order valence-corrected chi connectivity index (χ1v) is 12.5. The number of rotatable bonds is 8. The Hall–Kier alpha value is -3.21. The van der Waals surface area contributed by atoms with Crippen molar-refractivity contribution >= 4 is 33.6 Å². The van der Waals surface area contributed by atoms with Gasteiger partial charge in [-0.25, -0.2) is 8.42 Å². The highest BCUT2D eigenvalue weighted by Crippen LogP contribution is 2.30. The molecule has 1 aliphatic heterocycles. The fourth-order valence-electron chi connectivity index (χ4n) is 3.48. The molecule has 0 spiro atoms. The number of hydrogen-bond acceptors (Lipinski definition) is 6. The summed E-state index contributed by atoms with van der Waals surface area (Å²) >= 11 is 0. The van der Waals surface area contributed by atoms with Crippen molar-refractivity contribution in [2.75, 3.05) is 38.7 Å². The van der Waals surface area contributed by atoms with E-state index in [9.17, 15) is 18.0 Å². The van der Waals surface area contributed by atoms with Crippen LogP contribution in [0.3, 0.4) is 0 Å². The molecule has 0 radical (unpaired) electrons. The number of carbonyl (C=O) groups excluding carboxylic acids is 2. The summed E-state index contributed by atoms with van der Waals surface area (Å²) in [5, 5.41) is 5.61. The van der Waals surface area contributed by atoms with Gasteiger partial charge < -0.3 is 20.1 Å². The molecular formula is C24H27N3O6S. The quantitative estimate of drug-likeness (QED) is 0.555. The number of nitrogens with zero attached hydrogens (tertiary/aromatic N) is 1. The molecule has 1 saturated carbocycles. The average molecular weight is 486 g/mol. The molecule has 9 nitrogen and oxygen atoms in total. The lowest BCUT2D eigenvalue weighted by Gasteiger charge is -2.26. The molecule has 0 bridgehead atoms. The Labute approximate surface area is 198 Å². The van der Waals surface area contributed by atoms with Gasteiger partial charge in [-0.2, -0.15) is 4.31 Å². The molecule has 10 heteroatoms. The largest absolute Gasteiger partial charge is 0.495 e. The van der Waals surface area contributed by atoms with Crippen LogP contribution in [0.4, 0.5) is 5.69 Å². The molecule has 4 rings (SSSR count). The van der Waals surface area contributed by atoms with Gasteiger partial charge in [0.05, 0.1) is 20.3 Å². The third-order valence-electron chi connectivity index (χ3n) is 5.53. The topological polar surface area (TPSA) is 114 Å². The van der Waals surface area contributed by atoms with Crippen LogP contribution in [0.2, 0.25) is 0 Å². The van der Waals surface area contributed by atoms with Crippen LogP contribution in [0.15, 0.2) is 53.4 Å². The predicted octanol–water partition coefficient (Wildman–Crippen LogP) is 2.26. The molecule has 0 atom stereocenters. The van der Waals surface area contributed by atoms with Crippen molar-refractivity contribution in [3.63, 3.8) is 0 Å². The summed E-state index contributed by atoms with van der Waals surface area (Å²) in [5.41, 5.74) is 1.65. The van der Waals surface area contributed by atoms with Gasteiger partial charge >= 0.3 is 0 Å². The summed E-state index contributed by atoms with van der Waals surface area (Å²) in [5.74, 6) is -0.320. The standard InChI is InChI=1S/C24H27N3O6S/c1-32-21-10-9-20(16-22(21)34(30,31)27-12-14-33-15-13-27)25-23(28)11-4-17-2-5-18(6-3-17)24(29)26-19-7-8-19/h2-6,9-11,16,19H,7-8,12-15H2,1H3,(H,25,28)(H,26,29)/b11-4+. The van der Waals surface area contributed by atoms with E-state index in [0.29, 0.717) is 24.5 Å². The van der Waals surface area contributed by atoms with Crippen LogP contribution in [0.25, 0.3) is 6.08 Å². The summed E-state index contributed by atoms with van der Waals surface area (Å²) in [6, 6.07) is 11.7. The van der Waals surface area contributed by atoms with Crippen molar-refractivity contribution in [3.8, 4) is 5.75 Å². The van der Waals surface area contributed by atoms with E-state index < -0.39 is 15.9 Å². The fraction of sp³-hybridized carbons (Fsp3) is 0.333. The monoisotopic (exact) mass is 485 g/mol. The lowest BCUT2D eigenvalue weighted by atomic mass is 10.1. The molecule has 1 aliphatic carbocycles. The van der Waals surface area contributed by atoms with Crippen molar-refractivity contribution in [3.05, 3.63) is 59.7 Å². The van der Waals surface area contributed by atoms with Crippen LogP contribution in [0.5, 0.6) is 5.75 Å². The molecule has 2 fully saturated rings. The van der Waals surface area contributed by atoms with Gasteiger partial charge in [-0.05, 0) is 54.8 Å². The molecule has 0 unspecified atom stereocenters. The number of benzene rings is 2. The van der Waals surface area contributed by atoms with Crippen LogP contribution in [-0.2, 0) is 19.6 Å². The molecule has 2 aromatic carbocycles. The van der Waals surface area contributed by atoms with Gasteiger partial charge in [-0.15, -0.1) is 0 Å². The van der Waals surface area contributed by atoms with Crippen molar-refractivity contribution in [2.45, 2.75) is 23.8 Å². The van der Waals surface area contributed by atoms with Crippen molar-refractivity contribution in [1.29, 1.82) is 0 Å². The summed E-state index contributed by atoms with van der Waals surface area (Å²) in [6.45, 7) is 1.17. The maximum atomic E-state index is 13.1. The number of nitrogens with one attached hydrogen (secondary N) is 2. The lowest BCUT2D eigenvalue weighted by Crippen LogP contribution is -2.40. The Balaban J connectivity index is 1.42. The van der Waals surface area contributed by atoms with Crippen LogP contribution in [0, 0.1) is 0 Å².